The van der Waals surface area contributed by atoms with E-state index in [2.05, 4.69) is 5.32 Å². The number of anilines is 1. The molecule has 0 bridgehead atoms. The second-order valence-corrected chi connectivity index (χ2v) is 6.98. The molecule has 1 aliphatic rings. The van der Waals surface area contributed by atoms with Crippen LogP contribution in [0.15, 0.2) is 48.5 Å². The molecule has 0 radical (unpaired) electrons. The Hall–Kier alpha value is -2.41. The van der Waals surface area contributed by atoms with Crippen molar-refractivity contribution in [2.24, 2.45) is 11.7 Å². The van der Waals surface area contributed by atoms with E-state index in [0.717, 1.165) is 25.0 Å². The molecule has 6 heteroatoms. The standard InChI is InChI=1S/C22H28N2O4/c1-26-13-10-16-2-6-19(7-3-16)28-20-8-4-18(5-9-20)24-22(25)21(23)17-11-14-27-15-12-17/h2-9,17,21H,10-15,23H2,1H3,(H,24,25). The molecule has 1 saturated heterocycles. The molecule has 1 aliphatic heterocycles. The summed E-state index contributed by atoms with van der Waals surface area (Å²) in [5, 5.41) is 2.88. The summed E-state index contributed by atoms with van der Waals surface area (Å²) in [5.74, 6) is 1.48. The molecule has 1 atom stereocenters. The summed E-state index contributed by atoms with van der Waals surface area (Å²) in [6.45, 7) is 2.04. The Kier molecular flexibility index (Phi) is 7.42. The van der Waals surface area contributed by atoms with Gasteiger partial charge in [0, 0.05) is 26.0 Å². The Bertz CT molecular complexity index is 740. The molecular weight excluding hydrogens is 356 g/mol. The highest BCUT2D eigenvalue weighted by Gasteiger charge is 2.26. The molecule has 1 unspecified atom stereocenters. The van der Waals surface area contributed by atoms with Crippen molar-refractivity contribution >= 4 is 11.6 Å². The molecule has 3 N–H and O–H groups in total. The summed E-state index contributed by atoms with van der Waals surface area (Å²) in [5.41, 5.74) is 8.02. The van der Waals surface area contributed by atoms with E-state index in [9.17, 15) is 4.79 Å². The monoisotopic (exact) mass is 384 g/mol. The third-order valence-corrected chi connectivity index (χ3v) is 4.95. The first-order chi connectivity index (χ1) is 13.7. The lowest BCUT2D eigenvalue weighted by atomic mass is 9.92. The van der Waals surface area contributed by atoms with Crippen LogP contribution in [0.2, 0.25) is 0 Å². The van der Waals surface area contributed by atoms with Gasteiger partial charge in [-0.1, -0.05) is 12.1 Å². The fourth-order valence-corrected chi connectivity index (χ4v) is 3.20. The Morgan fingerprint density at radius 3 is 2.32 bits per heavy atom. The average molecular weight is 384 g/mol. The van der Waals surface area contributed by atoms with Crippen LogP contribution in [0.3, 0.4) is 0 Å². The maximum absolute atomic E-state index is 12.4. The fourth-order valence-electron chi connectivity index (χ4n) is 3.20. The molecular formula is C22H28N2O4. The lowest BCUT2D eigenvalue weighted by Gasteiger charge is -2.26. The van der Waals surface area contributed by atoms with E-state index in [0.29, 0.717) is 31.3 Å². The lowest BCUT2D eigenvalue weighted by Crippen LogP contribution is -2.43. The Morgan fingerprint density at radius 2 is 1.71 bits per heavy atom. The minimum Gasteiger partial charge on any atom is -0.457 e. The largest absolute Gasteiger partial charge is 0.457 e. The molecule has 2 aromatic rings. The van der Waals surface area contributed by atoms with Gasteiger partial charge in [-0.15, -0.1) is 0 Å². The van der Waals surface area contributed by atoms with Gasteiger partial charge in [0.25, 0.3) is 0 Å². The zero-order valence-corrected chi connectivity index (χ0v) is 16.2. The van der Waals surface area contributed by atoms with E-state index in [1.54, 1.807) is 7.11 Å². The molecule has 0 saturated carbocycles. The maximum atomic E-state index is 12.4. The van der Waals surface area contributed by atoms with Gasteiger partial charge in [0.1, 0.15) is 11.5 Å². The maximum Gasteiger partial charge on any atom is 0.241 e. The van der Waals surface area contributed by atoms with Gasteiger partial charge in [0.05, 0.1) is 12.6 Å². The number of methoxy groups -OCH3 is 1. The predicted molar refractivity (Wildman–Crippen MR) is 109 cm³/mol. The van der Waals surface area contributed by atoms with Crippen molar-refractivity contribution in [1.29, 1.82) is 0 Å². The summed E-state index contributed by atoms with van der Waals surface area (Å²) < 4.78 is 16.3. The van der Waals surface area contributed by atoms with Gasteiger partial charge in [-0.05, 0) is 67.1 Å². The van der Waals surface area contributed by atoms with Gasteiger partial charge in [-0.25, -0.2) is 0 Å². The summed E-state index contributed by atoms with van der Waals surface area (Å²) >= 11 is 0. The zero-order chi connectivity index (χ0) is 19.8. The van der Waals surface area contributed by atoms with E-state index < -0.39 is 6.04 Å². The van der Waals surface area contributed by atoms with Crippen LogP contribution >= 0.6 is 0 Å². The van der Waals surface area contributed by atoms with E-state index in [1.807, 2.05) is 48.5 Å². The van der Waals surface area contributed by atoms with Crippen molar-refractivity contribution < 1.29 is 19.0 Å². The highest BCUT2D eigenvalue weighted by Crippen LogP contribution is 2.24. The minimum absolute atomic E-state index is 0.160. The number of nitrogens with one attached hydrogen (secondary N) is 1. The molecule has 0 aromatic heterocycles. The third kappa shape index (κ3) is 5.79. The molecule has 3 rings (SSSR count). The van der Waals surface area contributed by atoms with Crippen LogP contribution in [0.25, 0.3) is 0 Å². The number of nitrogens with two attached hydrogens (primary N) is 1. The number of ether oxygens (including phenoxy) is 3. The van der Waals surface area contributed by atoms with Gasteiger partial charge in [-0.2, -0.15) is 0 Å². The first kappa shape index (κ1) is 20.3. The molecule has 1 fully saturated rings. The molecule has 28 heavy (non-hydrogen) atoms. The first-order valence-corrected chi connectivity index (χ1v) is 9.65. The summed E-state index contributed by atoms with van der Waals surface area (Å²) in [6.07, 6.45) is 2.53. The number of carbonyl (C=O) groups excluding carboxylic acids is 1. The number of hydrogen-bond donors (Lipinski definition) is 2. The van der Waals surface area contributed by atoms with Crippen molar-refractivity contribution in [3.05, 3.63) is 54.1 Å². The van der Waals surface area contributed by atoms with Gasteiger partial charge < -0.3 is 25.3 Å². The number of rotatable bonds is 8. The molecule has 0 spiro atoms. The normalized spacial score (nSPS) is 15.8. The fraction of sp³-hybridized carbons (Fsp3) is 0.409. The van der Waals surface area contributed by atoms with Gasteiger partial charge >= 0.3 is 0 Å². The average Bonchev–Trinajstić information content (AvgIpc) is 2.74. The van der Waals surface area contributed by atoms with Crippen LogP contribution in [-0.4, -0.2) is 38.9 Å². The lowest BCUT2D eigenvalue weighted by molar-refractivity contribution is -0.119. The SMILES string of the molecule is COCCc1ccc(Oc2ccc(NC(=O)C(N)C3CCOCC3)cc2)cc1. The summed E-state index contributed by atoms with van der Waals surface area (Å²) in [7, 11) is 1.70. The zero-order valence-electron chi connectivity index (χ0n) is 16.2. The molecule has 0 aliphatic carbocycles. The summed E-state index contributed by atoms with van der Waals surface area (Å²) in [4.78, 5) is 12.4. The highest BCUT2D eigenvalue weighted by atomic mass is 16.5. The molecule has 1 amide bonds. The van der Waals surface area contributed by atoms with Crippen molar-refractivity contribution in [3.63, 3.8) is 0 Å². The number of hydrogen-bond acceptors (Lipinski definition) is 5. The van der Waals surface area contributed by atoms with Crippen molar-refractivity contribution in [3.8, 4) is 11.5 Å². The topological polar surface area (TPSA) is 82.8 Å². The van der Waals surface area contributed by atoms with Crippen molar-refractivity contribution in [2.45, 2.75) is 25.3 Å². The second-order valence-electron chi connectivity index (χ2n) is 6.98. The van der Waals surface area contributed by atoms with E-state index in [1.165, 1.54) is 5.56 Å². The van der Waals surface area contributed by atoms with Crippen LogP contribution in [0.1, 0.15) is 18.4 Å². The smallest absolute Gasteiger partial charge is 0.241 e. The number of benzene rings is 2. The Labute approximate surface area is 166 Å². The quantitative estimate of drug-likeness (QED) is 0.729. The minimum atomic E-state index is -0.517. The number of carbonyl (C=O) groups is 1. The van der Waals surface area contributed by atoms with Crippen LogP contribution in [0, 0.1) is 5.92 Å². The molecule has 6 nitrogen and oxygen atoms in total. The van der Waals surface area contributed by atoms with E-state index >= 15 is 0 Å². The number of amides is 1. The highest BCUT2D eigenvalue weighted by molar-refractivity contribution is 5.94. The van der Waals surface area contributed by atoms with E-state index in [-0.39, 0.29) is 11.8 Å². The third-order valence-electron chi connectivity index (χ3n) is 4.95. The van der Waals surface area contributed by atoms with E-state index in [4.69, 9.17) is 19.9 Å². The van der Waals surface area contributed by atoms with Crippen LogP contribution in [0.5, 0.6) is 11.5 Å². The second kappa shape index (κ2) is 10.2. The summed E-state index contributed by atoms with van der Waals surface area (Å²) in [6, 6.07) is 14.7. The van der Waals surface area contributed by atoms with Gasteiger partial charge in [-0.3, -0.25) is 4.79 Å². The van der Waals surface area contributed by atoms with Gasteiger partial charge in [0.15, 0.2) is 0 Å². The van der Waals surface area contributed by atoms with Crippen LogP contribution in [0.4, 0.5) is 5.69 Å². The van der Waals surface area contributed by atoms with Crippen LogP contribution in [-0.2, 0) is 20.7 Å². The molecule has 2 aromatic carbocycles. The van der Waals surface area contributed by atoms with Gasteiger partial charge in [0.2, 0.25) is 5.91 Å². The Balaban J connectivity index is 1.52. The first-order valence-electron chi connectivity index (χ1n) is 9.65. The van der Waals surface area contributed by atoms with Crippen molar-refractivity contribution in [1.82, 2.24) is 0 Å². The molecule has 150 valence electrons. The van der Waals surface area contributed by atoms with Crippen molar-refractivity contribution in [2.75, 3.05) is 32.2 Å². The Morgan fingerprint density at radius 1 is 1.11 bits per heavy atom. The molecule has 1 heterocycles. The van der Waals surface area contributed by atoms with Crippen LogP contribution < -0.4 is 15.8 Å². The predicted octanol–water partition coefficient (Wildman–Crippen LogP) is 3.36.